The Labute approximate surface area is 142 Å². The molecule has 4 heteroatoms. The van der Waals surface area contributed by atoms with Crippen molar-refractivity contribution in [3.63, 3.8) is 0 Å². The number of amides is 1. The molecule has 0 radical (unpaired) electrons. The molecular weight excluding hydrogens is 298 g/mol. The lowest BCUT2D eigenvalue weighted by Gasteiger charge is -2.19. The summed E-state index contributed by atoms with van der Waals surface area (Å²) in [5.41, 5.74) is 3.19. The van der Waals surface area contributed by atoms with Crippen molar-refractivity contribution in [2.75, 3.05) is 0 Å². The van der Waals surface area contributed by atoms with Gasteiger partial charge in [-0.15, -0.1) is 0 Å². The van der Waals surface area contributed by atoms with Crippen LogP contribution in [0.4, 0.5) is 0 Å². The normalized spacial score (nSPS) is 11.9. The summed E-state index contributed by atoms with van der Waals surface area (Å²) in [5, 5.41) is 3.13. The maximum absolute atomic E-state index is 12.6. The van der Waals surface area contributed by atoms with Gasteiger partial charge in [0, 0.05) is 19.4 Å². The molecule has 1 amide bonds. The maximum atomic E-state index is 12.6. The first-order valence-electron chi connectivity index (χ1n) is 8.01. The molecule has 0 bridgehead atoms. The van der Waals surface area contributed by atoms with Crippen LogP contribution in [0.3, 0.4) is 0 Å². The van der Waals surface area contributed by atoms with Gasteiger partial charge in [-0.25, -0.2) is 4.98 Å². The van der Waals surface area contributed by atoms with E-state index in [0.29, 0.717) is 6.42 Å². The van der Waals surface area contributed by atoms with Crippen LogP contribution in [-0.4, -0.2) is 15.5 Å². The average Bonchev–Trinajstić information content (AvgIpc) is 3.01. The van der Waals surface area contributed by atoms with E-state index in [-0.39, 0.29) is 11.9 Å². The van der Waals surface area contributed by atoms with Crippen molar-refractivity contribution in [2.45, 2.75) is 19.4 Å². The van der Waals surface area contributed by atoms with Gasteiger partial charge in [0.05, 0.1) is 6.42 Å². The molecule has 2 aromatic carbocycles. The Kier molecular flexibility index (Phi) is 4.75. The second-order valence-corrected chi connectivity index (χ2v) is 5.91. The smallest absolute Gasteiger partial charge is 0.225 e. The van der Waals surface area contributed by atoms with Crippen LogP contribution >= 0.6 is 0 Å². The first-order chi connectivity index (χ1) is 11.6. The van der Waals surface area contributed by atoms with Crippen LogP contribution in [0.25, 0.3) is 0 Å². The Balaban J connectivity index is 1.84. The van der Waals surface area contributed by atoms with E-state index in [4.69, 9.17) is 0 Å². The van der Waals surface area contributed by atoms with Gasteiger partial charge in [-0.2, -0.15) is 0 Å². The highest BCUT2D eigenvalue weighted by molar-refractivity contribution is 5.79. The zero-order valence-corrected chi connectivity index (χ0v) is 13.9. The topological polar surface area (TPSA) is 46.9 Å². The van der Waals surface area contributed by atoms with Gasteiger partial charge >= 0.3 is 0 Å². The van der Waals surface area contributed by atoms with E-state index in [1.807, 2.05) is 79.3 Å². The van der Waals surface area contributed by atoms with Crippen LogP contribution in [0.5, 0.6) is 0 Å². The molecule has 0 unspecified atom stereocenters. The van der Waals surface area contributed by atoms with Crippen molar-refractivity contribution in [1.29, 1.82) is 0 Å². The number of aromatic nitrogens is 2. The molecule has 1 atom stereocenters. The molecule has 1 aromatic heterocycles. The van der Waals surface area contributed by atoms with Gasteiger partial charge in [0.15, 0.2) is 0 Å². The summed E-state index contributed by atoms with van der Waals surface area (Å²) in [5.74, 6) is 0.806. The summed E-state index contributed by atoms with van der Waals surface area (Å²) in [6.45, 7) is 2.02. The van der Waals surface area contributed by atoms with E-state index >= 15 is 0 Å². The van der Waals surface area contributed by atoms with E-state index in [0.717, 1.165) is 22.5 Å². The van der Waals surface area contributed by atoms with E-state index in [9.17, 15) is 4.79 Å². The van der Waals surface area contributed by atoms with Crippen LogP contribution in [-0.2, 0) is 18.3 Å². The second kappa shape index (κ2) is 7.13. The number of imidazole rings is 1. The van der Waals surface area contributed by atoms with Crippen molar-refractivity contribution in [1.82, 2.24) is 14.9 Å². The first-order valence-corrected chi connectivity index (χ1v) is 8.01. The molecule has 24 heavy (non-hydrogen) atoms. The molecule has 0 fully saturated rings. The van der Waals surface area contributed by atoms with Crippen molar-refractivity contribution >= 4 is 5.91 Å². The minimum atomic E-state index is -0.261. The largest absolute Gasteiger partial charge is 0.342 e. The number of nitrogens with zero attached hydrogens (tertiary/aromatic N) is 2. The standard InChI is InChI=1S/C20H21N3O/c1-15-8-6-7-11-17(15)14-18(24)22-19(16-9-4-3-5-10-16)20-21-12-13-23(20)2/h3-13,19H,14H2,1-2H3,(H,22,24)/t19-/m0/s1. The highest BCUT2D eigenvalue weighted by Crippen LogP contribution is 2.20. The summed E-state index contributed by atoms with van der Waals surface area (Å²) in [6, 6.07) is 17.6. The van der Waals surface area contributed by atoms with Gasteiger partial charge in [-0.3, -0.25) is 4.79 Å². The lowest BCUT2D eigenvalue weighted by atomic mass is 10.0. The van der Waals surface area contributed by atoms with Crippen LogP contribution in [0.2, 0.25) is 0 Å². The fourth-order valence-corrected chi connectivity index (χ4v) is 2.79. The van der Waals surface area contributed by atoms with E-state index < -0.39 is 0 Å². The fraction of sp³-hybridized carbons (Fsp3) is 0.200. The third-order valence-corrected chi connectivity index (χ3v) is 4.17. The predicted octanol–water partition coefficient (Wildman–Crippen LogP) is 3.18. The Morgan fingerprint density at radius 2 is 1.83 bits per heavy atom. The number of benzene rings is 2. The van der Waals surface area contributed by atoms with E-state index in [2.05, 4.69) is 10.3 Å². The van der Waals surface area contributed by atoms with Gasteiger partial charge in [0.25, 0.3) is 0 Å². The number of hydrogen-bond acceptors (Lipinski definition) is 2. The Morgan fingerprint density at radius 1 is 1.12 bits per heavy atom. The number of nitrogens with one attached hydrogen (secondary N) is 1. The highest BCUT2D eigenvalue weighted by atomic mass is 16.1. The van der Waals surface area contributed by atoms with Crippen molar-refractivity contribution < 1.29 is 4.79 Å². The molecule has 0 spiro atoms. The number of rotatable bonds is 5. The molecule has 0 aliphatic rings. The maximum Gasteiger partial charge on any atom is 0.225 e. The Hall–Kier alpha value is -2.88. The lowest BCUT2D eigenvalue weighted by Crippen LogP contribution is -2.32. The van der Waals surface area contributed by atoms with Gasteiger partial charge in [-0.05, 0) is 23.6 Å². The zero-order chi connectivity index (χ0) is 16.9. The van der Waals surface area contributed by atoms with Crippen LogP contribution in [0.1, 0.15) is 28.6 Å². The fourth-order valence-electron chi connectivity index (χ4n) is 2.79. The van der Waals surface area contributed by atoms with E-state index in [1.54, 1.807) is 6.20 Å². The van der Waals surface area contributed by atoms with Crippen LogP contribution in [0, 0.1) is 6.92 Å². The second-order valence-electron chi connectivity index (χ2n) is 5.91. The molecule has 0 saturated carbocycles. The molecular formula is C20H21N3O. The zero-order valence-electron chi connectivity index (χ0n) is 13.9. The predicted molar refractivity (Wildman–Crippen MR) is 94.5 cm³/mol. The Bertz CT molecular complexity index is 824. The minimum Gasteiger partial charge on any atom is -0.342 e. The number of carbonyl (C=O) groups is 1. The SMILES string of the molecule is Cc1ccccc1CC(=O)N[C@@H](c1ccccc1)c1nccn1C. The van der Waals surface area contributed by atoms with Gasteiger partial charge in [-0.1, -0.05) is 54.6 Å². The third kappa shape index (κ3) is 3.54. The number of hydrogen-bond donors (Lipinski definition) is 1. The monoisotopic (exact) mass is 319 g/mol. The van der Waals surface area contributed by atoms with Crippen LogP contribution in [0.15, 0.2) is 67.0 Å². The average molecular weight is 319 g/mol. The third-order valence-electron chi connectivity index (χ3n) is 4.17. The summed E-state index contributed by atoms with van der Waals surface area (Å²) >= 11 is 0. The number of carbonyl (C=O) groups excluding carboxylic acids is 1. The molecule has 1 heterocycles. The molecule has 0 aliphatic heterocycles. The van der Waals surface area contributed by atoms with Crippen molar-refractivity contribution in [2.24, 2.45) is 7.05 Å². The lowest BCUT2D eigenvalue weighted by molar-refractivity contribution is -0.121. The van der Waals surface area contributed by atoms with E-state index in [1.165, 1.54) is 0 Å². The summed E-state index contributed by atoms with van der Waals surface area (Å²) in [6.07, 6.45) is 4.00. The van der Waals surface area contributed by atoms with Crippen LogP contribution < -0.4 is 5.32 Å². The molecule has 1 N–H and O–H groups in total. The number of aryl methyl sites for hydroxylation is 2. The summed E-state index contributed by atoms with van der Waals surface area (Å²) in [4.78, 5) is 17.0. The molecule has 0 saturated heterocycles. The van der Waals surface area contributed by atoms with Crippen molar-refractivity contribution in [3.8, 4) is 0 Å². The summed E-state index contributed by atoms with van der Waals surface area (Å²) < 4.78 is 1.94. The molecule has 3 aromatic rings. The minimum absolute atomic E-state index is 0.0128. The van der Waals surface area contributed by atoms with Crippen molar-refractivity contribution in [3.05, 3.63) is 89.5 Å². The molecule has 122 valence electrons. The quantitative estimate of drug-likeness (QED) is 0.785. The molecule has 3 rings (SSSR count). The van der Waals surface area contributed by atoms with Gasteiger partial charge in [0.1, 0.15) is 11.9 Å². The first kappa shape index (κ1) is 16.0. The van der Waals surface area contributed by atoms with Gasteiger partial charge in [0.2, 0.25) is 5.91 Å². The molecule has 0 aliphatic carbocycles. The van der Waals surface area contributed by atoms with Gasteiger partial charge < -0.3 is 9.88 Å². The molecule has 4 nitrogen and oxygen atoms in total. The summed E-state index contributed by atoms with van der Waals surface area (Å²) in [7, 11) is 1.94. The Morgan fingerprint density at radius 3 is 2.50 bits per heavy atom. The highest BCUT2D eigenvalue weighted by Gasteiger charge is 2.20.